The molecule has 0 radical (unpaired) electrons. The normalized spacial score (nSPS) is 13.6. The highest BCUT2D eigenvalue weighted by atomic mass is 16.4. The van der Waals surface area contributed by atoms with E-state index in [4.69, 9.17) is 5.11 Å². The largest absolute Gasteiger partial charge is 0.478 e. The van der Waals surface area contributed by atoms with Crippen molar-refractivity contribution in [1.29, 1.82) is 0 Å². The topological polar surface area (TPSA) is 86.7 Å². The number of nitrogens with one attached hydrogen (secondary N) is 1. The lowest BCUT2D eigenvalue weighted by Crippen LogP contribution is -2.26. The average molecular weight is 366 g/mol. The van der Waals surface area contributed by atoms with E-state index in [-0.39, 0.29) is 17.4 Å². The number of aromatic carboxylic acids is 1. The number of carboxylic acid groups (broad SMARTS) is 1. The molecule has 1 fully saturated rings. The van der Waals surface area contributed by atoms with Crippen LogP contribution in [0.15, 0.2) is 48.5 Å². The van der Waals surface area contributed by atoms with Gasteiger partial charge in [-0.3, -0.25) is 9.59 Å². The van der Waals surface area contributed by atoms with Crippen LogP contribution in [0.25, 0.3) is 0 Å². The fraction of sp³-hybridized carbons (Fsp3) is 0.286. The van der Waals surface area contributed by atoms with Gasteiger partial charge in [0.15, 0.2) is 0 Å². The van der Waals surface area contributed by atoms with Crippen molar-refractivity contribution in [3.05, 3.63) is 70.8 Å². The second kappa shape index (κ2) is 8.49. The highest BCUT2D eigenvalue weighted by molar-refractivity contribution is 5.94. The van der Waals surface area contributed by atoms with Crippen molar-refractivity contribution in [2.24, 2.45) is 0 Å². The molecule has 1 heterocycles. The van der Waals surface area contributed by atoms with E-state index in [1.165, 1.54) is 0 Å². The van der Waals surface area contributed by atoms with E-state index in [9.17, 15) is 14.4 Å². The predicted molar refractivity (Wildman–Crippen MR) is 101 cm³/mol. The number of carbonyl (C=O) groups excluding carboxylic acids is 2. The van der Waals surface area contributed by atoms with Gasteiger partial charge >= 0.3 is 5.97 Å². The number of amides is 2. The maximum atomic E-state index is 12.2. The molecule has 140 valence electrons. The number of hydrogen-bond donors (Lipinski definition) is 2. The van der Waals surface area contributed by atoms with E-state index in [0.717, 1.165) is 24.1 Å². The Morgan fingerprint density at radius 2 is 1.81 bits per heavy atom. The summed E-state index contributed by atoms with van der Waals surface area (Å²) in [5.41, 5.74) is 2.67. The number of likely N-dealkylation sites (tertiary alicyclic amines) is 1. The Balaban J connectivity index is 1.50. The van der Waals surface area contributed by atoms with E-state index in [2.05, 4.69) is 5.32 Å². The summed E-state index contributed by atoms with van der Waals surface area (Å²) in [5.74, 6) is -0.950. The Kier molecular flexibility index (Phi) is 5.86. The summed E-state index contributed by atoms with van der Waals surface area (Å²) in [7, 11) is 0. The summed E-state index contributed by atoms with van der Waals surface area (Å²) in [4.78, 5) is 36.7. The molecule has 0 atom stereocenters. The number of nitrogens with zero attached hydrogens (tertiary/aromatic N) is 1. The molecule has 1 saturated heterocycles. The van der Waals surface area contributed by atoms with E-state index < -0.39 is 5.97 Å². The van der Waals surface area contributed by atoms with Gasteiger partial charge < -0.3 is 15.3 Å². The molecule has 0 aliphatic carbocycles. The molecule has 2 amide bonds. The minimum absolute atomic E-state index is 0.173. The zero-order valence-electron chi connectivity index (χ0n) is 15.0. The Bertz CT molecular complexity index is 846. The second-order valence-corrected chi connectivity index (χ2v) is 6.63. The van der Waals surface area contributed by atoms with E-state index in [1.807, 2.05) is 23.1 Å². The zero-order chi connectivity index (χ0) is 19.2. The van der Waals surface area contributed by atoms with Gasteiger partial charge in [-0.2, -0.15) is 0 Å². The molecule has 27 heavy (non-hydrogen) atoms. The Hall–Kier alpha value is -3.15. The number of rotatable bonds is 7. The molecule has 6 heteroatoms. The van der Waals surface area contributed by atoms with Crippen LogP contribution < -0.4 is 5.32 Å². The first-order valence-electron chi connectivity index (χ1n) is 9.00. The van der Waals surface area contributed by atoms with Gasteiger partial charge in [0.2, 0.25) is 5.91 Å². The van der Waals surface area contributed by atoms with Gasteiger partial charge in [0.25, 0.3) is 5.91 Å². The Morgan fingerprint density at radius 3 is 2.48 bits per heavy atom. The zero-order valence-corrected chi connectivity index (χ0v) is 15.0. The van der Waals surface area contributed by atoms with Crippen LogP contribution in [-0.4, -0.2) is 40.9 Å². The molecule has 2 aromatic carbocycles. The summed E-state index contributed by atoms with van der Waals surface area (Å²) in [6, 6.07) is 14.0. The van der Waals surface area contributed by atoms with Crippen molar-refractivity contribution in [3.8, 4) is 0 Å². The molecule has 0 unspecified atom stereocenters. The third-order valence-electron chi connectivity index (χ3n) is 4.63. The van der Waals surface area contributed by atoms with Crippen molar-refractivity contribution in [3.63, 3.8) is 0 Å². The van der Waals surface area contributed by atoms with E-state index in [0.29, 0.717) is 31.5 Å². The van der Waals surface area contributed by atoms with Crippen LogP contribution in [0.4, 0.5) is 0 Å². The summed E-state index contributed by atoms with van der Waals surface area (Å²) in [6.07, 6.45) is 2.09. The number of carboxylic acids is 1. The standard InChI is InChI=1S/C21H22N2O4/c24-19-5-2-12-23(19)14-16-6-8-17(9-7-16)20(25)22-11-10-15-3-1-4-18(13-15)21(26)27/h1,3-4,6-9,13H,2,5,10-12,14H2,(H,22,25)(H,26,27). The maximum absolute atomic E-state index is 12.2. The lowest BCUT2D eigenvalue weighted by Gasteiger charge is -2.15. The van der Waals surface area contributed by atoms with Crippen molar-refractivity contribution in [2.75, 3.05) is 13.1 Å². The lowest BCUT2D eigenvalue weighted by atomic mass is 10.1. The summed E-state index contributed by atoms with van der Waals surface area (Å²) >= 11 is 0. The fourth-order valence-corrected chi connectivity index (χ4v) is 3.14. The SMILES string of the molecule is O=C(O)c1cccc(CCNC(=O)c2ccc(CN3CCCC3=O)cc2)c1. The van der Waals surface area contributed by atoms with Crippen LogP contribution >= 0.6 is 0 Å². The molecule has 0 saturated carbocycles. The highest BCUT2D eigenvalue weighted by Crippen LogP contribution is 2.15. The minimum Gasteiger partial charge on any atom is -0.478 e. The second-order valence-electron chi connectivity index (χ2n) is 6.63. The number of carbonyl (C=O) groups is 3. The van der Waals surface area contributed by atoms with Crippen molar-refractivity contribution < 1.29 is 19.5 Å². The average Bonchev–Trinajstić information content (AvgIpc) is 3.07. The molecule has 2 aromatic rings. The first kappa shape index (κ1) is 18.6. The summed E-state index contributed by atoms with van der Waals surface area (Å²) in [5, 5.41) is 11.9. The van der Waals surface area contributed by atoms with Gasteiger partial charge in [-0.05, 0) is 48.2 Å². The molecule has 2 N–H and O–H groups in total. The fourth-order valence-electron chi connectivity index (χ4n) is 3.14. The molecule has 1 aliphatic rings. The lowest BCUT2D eigenvalue weighted by molar-refractivity contribution is -0.128. The molecule has 0 bridgehead atoms. The van der Waals surface area contributed by atoms with Gasteiger partial charge in [0, 0.05) is 31.6 Å². The van der Waals surface area contributed by atoms with Crippen molar-refractivity contribution >= 4 is 17.8 Å². The Morgan fingerprint density at radius 1 is 1.04 bits per heavy atom. The highest BCUT2D eigenvalue weighted by Gasteiger charge is 2.19. The number of hydrogen-bond acceptors (Lipinski definition) is 3. The monoisotopic (exact) mass is 366 g/mol. The molecule has 0 aromatic heterocycles. The summed E-state index contributed by atoms with van der Waals surface area (Å²) < 4.78 is 0. The first-order chi connectivity index (χ1) is 13.0. The van der Waals surface area contributed by atoms with Crippen LogP contribution in [0.1, 0.15) is 44.7 Å². The third kappa shape index (κ3) is 4.94. The van der Waals surface area contributed by atoms with Crippen LogP contribution in [0.5, 0.6) is 0 Å². The van der Waals surface area contributed by atoms with E-state index >= 15 is 0 Å². The number of benzene rings is 2. The van der Waals surface area contributed by atoms with E-state index in [1.54, 1.807) is 30.3 Å². The maximum Gasteiger partial charge on any atom is 0.335 e. The molecule has 6 nitrogen and oxygen atoms in total. The Labute approximate surface area is 157 Å². The van der Waals surface area contributed by atoms with Gasteiger partial charge in [-0.25, -0.2) is 4.79 Å². The van der Waals surface area contributed by atoms with Gasteiger partial charge in [-0.1, -0.05) is 24.3 Å². The van der Waals surface area contributed by atoms with Crippen LogP contribution in [0.2, 0.25) is 0 Å². The van der Waals surface area contributed by atoms with Gasteiger partial charge in [0.05, 0.1) is 5.56 Å². The molecular formula is C21H22N2O4. The van der Waals surface area contributed by atoms with Crippen LogP contribution in [0.3, 0.4) is 0 Å². The van der Waals surface area contributed by atoms with Gasteiger partial charge in [0.1, 0.15) is 0 Å². The first-order valence-corrected chi connectivity index (χ1v) is 9.00. The molecule has 0 spiro atoms. The summed E-state index contributed by atoms with van der Waals surface area (Å²) in [6.45, 7) is 1.80. The third-order valence-corrected chi connectivity index (χ3v) is 4.63. The smallest absolute Gasteiger partial charge is 0.335 e. The van der Waals surface area contributed by atoms with Crippen LogP contribution in [-0.2, 0) is 17.8 Å². The predicted octanol–water partition coefficient (Wildman–Crippen LogP) is 2.48. The van der Waals surface area contributed by atoms with Crippen LogP contribution in [0, 0.1) is 0 Å². The molecule has 1 aliphatic heterocycles. The van der Waals surface area contributed by atoms with Crippen molar-refractivity contribution in [1.82, 2.24) is 10.2 Å². The minimum atomic E-state index is -0.961. The molecule has 3 rings (SSSR count). The van der Waals surface area contributed by atoms with Gasteiger partial charge in [-0.15, -0.1) is 0 Å². The van der Waals surface area contributed by atoms with Crippen molar-refractivity contribution in [2.45, 2.75) is 25.8 Å². The quantitative estimate of drug-likeness (QED) is 0.788. The molecular weight excluding hydrogens is 344 g/mol.